The van der Waals surface area contributed by atoms with Crippen LogP contribution in [0.15, 0.2) is 52.7 Å². The molecule has 2 aromatic rings. The standard InChI is InChI=1S/C14H11N5O3S2/c15-24(21,22)9-3-4-11-10(6-9)14(13(20)17-11)19-18-12(23-14)8-2-1-5-16-7-8/h1-7,19H,(H,17,20)(H2,15,21,22). The number of carbonyl (C=O) groups excluding carboxylic acids is 1. The number of hydrogen-bond acceptors (Lipinski definition) is 7. The number of carbonyl (C=O) groups is 1. The fraction of sp³-hybridized carbons (Fsp3) is 0.0714. The lowest BCUT2D eigenvalue weighted by Gasteiger charge is -2.20. The summed E-state index contributed by atoms with van der Waals surface area (Å²) in [7, 11) is -3.88. The molecule has 10 heteroatoms. The molecule has 0 bridgehead atoms. The normalized spacial score (nSPS) is 22.0. The summed E-state index contributed by atoms with van der Waals surface area (Å²) in [5, 5.41) is 12.7. The molecule has 1 aromatic carbocycles. The monoisotopic (exact) mass is 361 g/mol. The van der Waals surface area contributed by atoms with Gasteiger partial charge in [-0.05, 0) is 30.3 Å². The van der Waals surface area contributed by atoms with Crippen molar-refractivity contribution in [2.24, 2.45) is 10.2 Å². The average Bonchev–Trinajstić information content (AvgIpc) is 3.11. The molecule has 24 heavy (non-hydrogen) atoms. The summed E-state index contributed by atoms with van der Waals surface area (Å²) < 4.78 is 23.2. The zero-order chi connectivity index (χ0) is 16.9. The molecule has 0 saturated carbocycles. The Kier molecular flexibility index (Phi) is 3.17. The number of aromatic nitrogens is 1. The quantitative estimate of drug-likeness (QED) is 0.716. The van der Waals surface area contributed by atoms with E-state index in [1.807, 2.05) is 6.07 Å². The van der Waals surface area contributed by atoms with Gasteiger partial charge in [0.1, 0.15) is 5.04 Å². The third-order valence-electron chi connectivity index (χ3n) is 3.74. The Morgan fingerprint density at radius 1 is 1.25 bits per heavy atom. The van der Waals surface area contributed by atoms with E-state index in [1.165, 1.54) is 30.0 Å². The van der Waals surface area contributed by atoms with Gasteiger partial charge in [-0.2, -0.15) is 5.10 Å². The zero-order valence-electron chi connectivity index (χ0n) is 12.1. The molecule has 4 N–H and O–H groups in total. The van der Waals surface area contributed by atoms with Crippen LogP contribution in [0.25, 0.3) is 0 Å². The van der Waals surface area contributed by atoms with Crippen molar-refractivity contribution in [2.45, 2.75) is 9.77 Å². The van der Waals surface area contributed by atoms with E-state index in [1.54, 1.807) is 18.5 Å². The summed E-state index contributed by atoms with van der Waals surface area (Å²) in [5.74, 6) is -0.322. The Labute approximate surface area is 141 Å². The number of nitrogens with two attached hydrogens (primary N) is 1. The first-order valence-corrected chi connectivity index (χ1v) is 9.19. The van der Waals surface area contributed by atoms with E-state index in [9.17, 15) is 13.2 Å². The third-order valence-corrected chi connectivity index (χ3v) is 5.97. The zero-order valence-corrected chi connectivity index (χ0v) is 13.7. The Morgan fingerprint density at radius 2 is 2.08 bits per heavy atom. The maximum atomic E-state index is 12.5. The molecule has 4 rings (SSSR count). The molecule has 1 unspecified atom stereocenters. The summed E-state index contributed by atoms with van der Waals surface area (Å²) in [5.41, 5.74) is 4.60. The molecule has 2 aliphatic rings. The van der Waals surface area contributed by atoms with Crippen LogP contribution < -0.4 is 15.9 Å². The van der Waals surface area contributed by atoms with E-state index in [-0.39, 0.29) is 10.8 Å². The van der Waals surface area contributed by atoms with Gasteiger partial charge in [0.05, 0.1) is 4.90 Å². The summed E-state index contributed by atoms with van der Waals surface area (Å²) in [6, 6.07) is 7.87. The van der Waals surface area contributed by atoms with Gasteiger partial charge in [-0.3, -0.25) is 15.2 Å². The highest BCUT2D eigenvalue weighted by Crippen LogP contribution is 2.48. The lowest BCUT2D eigenvalue weighted by molar-refractivity contribution is -0.118. The van der Waals surface area contributed by atoms with Crippen LogP contribution in [0.5, 0.6) is 0 Å². The van der Waals surface area contributed by atoms with Gasteiger partial charge in [-0.25, -0.2) is 13.6 Å². The minimum absolute atomic E-state index is 0.0608. The molecule has 1 aromatic heterocycles. The van der Waals surface area contributed by atoms with Gasteiger partial charge in [0.25, 0.3) is 5.91 Å². The number of thioether (sulfide) groups is 1. The first-order chi connectivity index (χ1) is 11.4. The molecule has 8 nitrogen and oxygen atoms in total. The van der Waals surface area contributed by atoms with Gasteiger partial charge in [0, 0.05) is 29.2 Å². The molecule has 3 heterocycles. The molecule has 1 atom stereocenters. The van der Waals surface area contributed by atoms with Crippen molar-refractivity contribution in [1.29, 1.82) is 0 Å². The second kappa shape index (κ2) is 5.03. The highest BCUT2D eigenvalue weighted by molar-refractivity contribution is 8.16. The lowest BCUT2D eigenvalue weighted by atomic mass is 10.1. The van der Waals surface area contributed by atoms with Crippen LogP contribution in [-0.2, 0) is 19.7 Å². The number of fused-ring (bicyclic) bond motifs is 2. The Bertz CT molecular complexity index is 991. The summed E-state index contributed by atoms with van der Waals surface area (Å²) in [6.45, 7) is 0. The van der Waals surface area contributed by atoms with Crippen molar-refractivity contribution in [2.75, 3.05) is 5.32 Å². The van der Waals surface area contributed by atoms with Crippen LogP contribution >= 0.6 is 11.8 Å². The highest BCUT2D eigenvalue weighted by atomic mass is 32.2. The van der Waals surface area contributed by atoms with Crippen molar-refractivity contribution in [3.63, 3.8) is 0 Å². The Hall–Kier alpha value is -2.43. The molecular weight excluding hydrogens is 350 g/mol. The molecular formula is C14H11N5O3S2. The molecule has 2 aliphatic heterocycles. The van der Waals surface area contributed by atoms with Crippen molar-refractivity contribution >= 4 is 38.4 Å². The molecule has 122 valence electrons. The summed E-state index contributed by atoms with van der Waals surface area (Å²) in [4.78, 5) is 15.3. The van der Waals surface area contributed by atoms with E-state index in [2.05, 4.69) is 20.8 Å². The lowest BCUT2D eigenvalue weighted by Crippen LogP contribution is -2.39. The number of amides is 1. The van der Waals surface area contributed by atoms with Gasteiger partial charge in [-0.1, -0.05) is 11.8 Å². The van der Waals surface area contributed by atoms with Gasteiger partial charge in [-0.15, -0.1) is 0 Å². The van der Waals surface area contributed by atoms with Gasteiger partial charge in [0.15, 0.2) is 0 Å². The number of hydrogen-bond donors (Lipinski definition) is 3. The summed E-state index contributed by atoms with van der Waals surface area (Å²) in [6.07, 6.45) is 3.28. The molecule has 0 aliphatic carbocycles. The predicted molar refractivity (Wildman–Crippen MR) is 89.6 cm³/mol. The smallest absolute Gasteiger partial charge is 0.267 e. The molecule has 0 fully saturated rings. The topological polar surface area (TPSA) is 127 Å². The SMILES string of the molecule is NS(=O)(=O)c1ccc2c(c1)C1(NN=C(c3cccnc3)S1)C(=O)N2. The number of nitrogens with one attached hydrogen (secondary N) is 2. The van der Waals surface area contributed by atoms with Gasteiger partial charge < -0.3 is 5.32 Å². The third kappa shape index (κ3) is 2.19. The average molecular weight is 361 g/mol. The first-order valence-electron chi connectivity index (χ1n) is 6.83. The number of hydrazone groups is 1. The van der Waals surface area contributed by atoms with Crippen LogP contribution in [0, 0.1) is 0 Å². The molecule has 1 amide bonds. The second-order valence-corrected chi connectivity index (χ2v) is 8.02. The highest BCUT2D eigenvalue weighted by Gasteiger charge is 2.52. The number of nitrogens with zero attached hydrogens (tertiary/aromatic N) is 2. The van der Waals surface area contributed by atoms with Crippen LogP contribution in [0.1, 0.15) is 11.1 Å². The maximum Gasteiger partial charge on any atom is 0.267 e. The molecule has 0 radical (unpaired) electrons. The Morgan fingerprint density at radius 3 is 2.79 bits per heavy atom. The number of pyridine rings is 1. The summed E-state index contributed by atoms with van der Waals surface area (Å²) >= 11 is 1.20. The van der Waals surface area contributed by atoms with Gasteiger partial charge >= 0.3 is 0 Å². The minimum atomic E-state index is -3.88. The van der Waals surface area contributed by atoms with Crippen molar-refractivity contribution in [3.8, 4) is 0 Å². The van der Waals surface area contributed by atoms with E-state index >= 15 is 0 Å². The Balaban J connectivity index is 1.78. The van der Waals surface area contributed by atoms with Crippen LogP contribution in [0.3, 0.4) is 0 Å². The van der Waals surface area contributed by atoms with E-state index in [4.69, 9.17) is 5.14 Å². The fourth-order valence-corrected chi connectivity index (χ4v) is 4.25. The van der Waals surface area contributed by atoms with Gasteiger partial charge in [0.2, 0.25) is 14.9 Å². The number of rotatable bonds is 2. The number of anilines is 1. The molecule has 1 spiro atoms. The number of benzene rings is 1. The minimum Gasteiger partial charge on any atom is -0.323 e. The van der Waals surface area contributed by atoms with Crippen molar-refractivity contribution < 1.29 is 13.2 Å². The molecule has 0 saturated heterocycles. The van der Waals surface area contributed by atoms with Crippen molar-refractivity contribution in [3.05, 3.63) is 53.9 Å². The van der Waals surface area contributed by atoms with Crippen LogP contribution in [0.4, 0.5) is 5.69 Å². The van der Waals surface area contributed by atoms with Crippen LogP contribution in [-0.4, -0.2) is 24.4 Å². The number of sulfonamides is 1. The largest absolute Gasteiger partial charge is 0.323 e. The first kappa shape index (κ1) is 15.1. The number of primary sulfonamides is 1. The van der Waals surface area contributed by atoms with Crippen LogP contribution in [0.2, 0.25) is 0 Å². The van der Waals surface area contributed by atoms with E-state index in [0.29, 0.717) is 16.3 Å². The maximum absolute atomic E-state index is 12.5. The van der Waals surface area contributed by atoms with Crippen molar-refractivity contribution in [1.82, 2.24) is 10.4 Å². The van der Waals surface area contributed by atoms with E-state index in [0.717, 1.165) is 5.56 Å². The fourth-order valence-electron chi connectivity index (χ4n) is 2.58. The van der Waals surface area contributed by atoms with E-state index < -0.39 is 14.9 Å². The second-order valence-electron chi connectivity index (χ2n) is 5.26. The predicted octanol–water partition coefficient (Wildman–Crippen LogP) is 0.532.